The summed E-state index contributed by atoms with van der Waals surface area (Å²) < 4.78 is 0. The summed E-state index contributed by atoms with van der Waals surface area (Å²) in [5, 5.41) is 9.26. The van der Waals surface area contributed by atoms with Crippen LogP contribution >= 0.6 is 0 Å². The van der Waals surface area contributed by atoms with E-state index in [0.29, 0.717) is 11.6 Å². The Morgan fingerprint density at radius 2 is 2.06 bits per heavy atom. The Hall–Kier alpha value is -1.51. The minimum Gasteiger partial charge on any atom is -0.478 e. The molecule has 0 fully saturated rings. The average Bonchev–Trinajstić information content (AvgIpc) is 2.31. The number of anilines is 1. The Bertz CT molecular complexity index is 401. The van der Waals surface area contributed by atoms with Crippen molar-refractivity contribution in [3.63, 3.8) is 0 Å². The second-order valence-electron chi connectivity index (χ2n) is 4.32. The van der Waals surface area contributed by atoms with Crippen LogP contribution in [0.3, 0.4) is 0 Å². The summed E-state index contributed by atoms with van der Waals surface area (Å²) in [6.07, 6.45) is 1.00. The van der Waals surface area contributed by atoms with Gasteiger partial charge in [-0.15, -0.1) is 0 Å². The normalized spacial score (nSPS) is 12.2. The number of para-hydroxylation sites is 1. The maximum atomic E-state index is 11.3. The van der Waals surface area contributed by atoms with Gasteiger partial charge in [-0.25, -0.2) is 4.79 Å². The molecule has 0 radical (unpaired) electrons. The number of nitrogens with zero attached hydrogens (tertiary/aromatic N) is 1. The summed E-state index contributed by atoms with van der Waals surface area (Å²) in [4.78, 5) is 13.4. The Kier molecular flexibility index (Phi) is 4.55. The van der Waals surface area contributed by atoms with Crippen molar-refractivity contribution in [1.29, 1.82) is 0 Å². The molecule has 0 aliphatic heterocycles. The predicted octanol–water partition coefficient (Wildman–Crippen LogP) is 3.32. The fourth-order valence-corrected chi connectivity index (χ4v) is 2.12. The molecule has 0 aromatic heterocycles. The van der Waals surface area contributed by atoms with Crippen molar-refractivity contribution in [1.82, 2.24) is 0 Å². The topological polar surface area (TPSA) is 40.5 Å². The zero-order chi connectivity index (χ0) is 13.0. The van der Waals surface area contributed by atoms with E-state index in [4.69, 9.17) is 0 Å². The molecule has 0 amide bonds. The van der Waals surface area contributed by atoms with Crippen molar-refractivity contribution in [2.45, 2.75) is 40.2 Å². The molecule has 1 aromatic rings. The number of aromatic carboxylic acids is 1. The van der Waals surface area contributed by atoms with E-state index < -0.39 is 5.97 Å². The molecule has 1 N–H and O–H groups in total. The van der Waals surface area contributed by atoms with Crippen LogP contribution in [0.4, 0.5) is 5.69 Å². The van der Waals surface area contributed by atoms with E-state index in [1.165, 1.54) is 0 Å². The summed E-state index contributed by atoms with van der Waals surface area (Å²) in [5.41, 5.74) is 2.27. The van der Waals surface area contributed by atoms with Crippen LogP contribution in [0.15, 0.2) is 18.2 Å². The first-order valence-electron chi connectivity index (χ1n) is 6.12. The summed E-state index contributed by atoms with van der Waals surface area (Å²) in [5.74, 6) is -0.856. The number of carbonyl (C=O) groups is 1. The molecular weight excluding hydrogens is 214 g/mol. The van der Waals surface area contributed by atoms with Crippen LogP contribution in [-0.4, -0.2) is 23.7 Å². The van der Waals surface area contributed by atoms with Crippen LogP contribution in [0, 0.1) is 6.92 Å². The van der Waals surface area contributed by atoms with Gasteiger partial charge in [0.2, 0.25) is 0 Å². The lowest BCUT2D eigenvalue weighted by molar-refractivity contribution is 0.0697. The van der Waals surface area contributed by atoms with Crippen molar-refractivity contribution in [3.8, 4) is 0 Å². The molecule has 17 heavy (non-hydrogen) atoms. The maximum Gasteiger partial charge on any atom is 0.337 e. The summed E-state index contributed by atoms with van der Waals surface area (Å²) in [6.45, 7) is 9.09. The highest BCUT2D eigenvalue weighted by Gasteiger charge is 2.20. The highest BCUT2D eigenvalue weighted by Crippen LogP contribution is 2.27. The number of hydrogen-bond acceptors (Lipinski definition) is 2. The predicted molar refractivity (Wildman–Crippen MR) is 70.9 cm³/mol. The fourth-order valence-electron chi connectivity index (χ4n) is 2.12. The molecule has 1 aromatic carbocycles. The van der Waals surface area contributed by atoms with E-state index in [0.717, 1.165) is 24.2 Å². The third-order valence-electron chi connectivity index (χ3n) is 3.22. The second-order valence-corrected chi connectivity index (χ2v) is 4.32. The number of hydrogen-bond donors (Lipinski definition) is 1. The zero-order valence-corrected chi connectivity index (χ0v) is 11.0. The third kappa shape index (κ3) is 2.78. The van der Waals surface area contributed by atoms with Crippen LogP contribution in [0.1, 0.15) is 43.1 Å². The van der Waals surface area contributed by atoms with Crippen LogP contribution < -0.4 is 4.90 Å². The van der Waals surface area contributed by atoms with Gasteiger partial charge in [-0.05, 0) is 38.8 Å². The molecule has 94 valence electrons. The lowest BCUT2D eigenvalue weighted by Crippen LogP contribution is -2.34. The number of aryl methyl sites for hydroxylation is 1. The Morgan fingerprint density at radius 3 is 2.53 bits per heavy atom. The van der Waals surface area contributed by atoms with Crippen molar-refractivity contribution in [2.75, 3.05) is 11.4 Å². The van der Waals surface area contributed by atoms with E-state index in [1.54, 1.807) is 12.1 Å². The molecule has 0 spiro atoms. The van der Waals surface area contributed by atoms with Gasteiger partial charge >= 0.3 is 5.97 Å². The van der Waals surface area contributed by atoms with Crippen molar-refractivity contribution in [3.05, 3.63) is 29.3 Å². The highest BCUT2D eigenvalue weighted by molar-refractivity contribution is 5.95. The SMILES string of the molecule is CCC(C)N(CC)c1c(C)cccc1C(=O)O. The molecule has 1 atom stereocenters. The monoisotopic (exact) mass is 235 g/mol. The van der Waals surface area contributed by atoms with Gasteiger partial charge in [0.25, 0.3) is 0 Å². The van der Waals surface area contributed by atoms with Crippen LogP contribution in [0.5, 0.6) is 0 Å². The van der Waals surface area contributed by atoms with E-state index in [9.17, 15) is 9.90 Å². The Labute approximate surface area is 103 Å². The van der Waals surface area contributed by atoms with Gasteiger partial charge in [0.15, 0.2) is 0 Å². The molecule has 3 heteroatoms. The second kappa shape index (κ2) is 5.71. The van der Waals surface area contributed by atoms with E-state index in [2.05, 4.69) is 25.7 Å². The molecule has 3 nitrogen and oxygen atoms in total. The van der Waals surface area contributed by atoms with Crippen LogP contribution in [-0.2, 0) is 0 Å². The molecule has 0 aliphatic rings. The number of rotatable bonds is 5. The van der Waals surface area contributed by atoms with E-state index in [1.807, 2.05) is 13.0 Å². The van der Waals surface area contributed by atoms with Gasteiger partial charge in [-0.3, -0.25) is 0 Å². The van der Waals surface area contributed by atoms with Gasteiger partial charge < -0.3 is 10.0 Å². The van der Waals surface area contributed by atoms with Crippen LogP contribution in [0.2, 0.25) is 0 Å². The number of benzene rings is 1. The molecular formula is C14H21NO2. The number of carboxylic acid groups (broad SMARTS) is 1. The Morgan fingerprint density at radius 1 is 1.41 bits per heavy atom. The summed E-state index contributed by atoms with van der Waals surface area (Å²) in [6, 6.07) is 5.79. The maximum absolute atomic E-state index is 11.3. The van der Waals surface area contributed by atoms with Gasteiger partial charge in [0, 0.05) is 12.6 Å². The van der Waals surface area contributed by atoms with Gasteiger partial charge in [-0.1, -0.05) is 19.1 Å². The summed E-state index contributed by atoms with van der Waals surface area (Å²) in [7, 11) is 0. The summed E-state index contributed by atoms with van der Waals surface area (Å²) >= 11 is 0. The first-order chi connectivity index (χ1) is 8.02. The van der Waals surface area contributed by atoms with Crippen molar-refractivity contribution < 1.29 is 9.90 Å². The first kappa shape index (κ1) is 13.6. The first-order valence-corrected chi connectivity index (χ1v) is 6.12. The number of carboxylic acids is 1. The standard InChI is InChI=1S/C14H21NO2/c1-5-11(4)15(6-2)13-10(3)8-7-9-12(13)14(16)17/h7-9,11H,5-6H2,1-4H3,(H,16,17). The fraction of sp³-hybridized carbons (Fsp3) is 0.500. The molecule has 0 saturated carbocycles. The average molecular weight is 235 g/mol. The smallest absolute Gasteiger partial charge is 0.337 e. The van der Waals surface area contributed by atoms with Gasteiger partial charge in [-0.2, -0.15) is 0 Å². The van der Waals surface area contributed by atoms with Crippen molar-refractivity contribution in [2.24, 2.45) is 0 Å². The minimum absolute atomic E-state index is 0.346. The molecule has 1 unspecified atom stereocenters. The third-order valence-corrected chi connectivity index (χ3v) is 3.22. The van der Waals surface area contributed by atoms with E-state index >= 15 is 0 Å². The van der Waals surface area contributed by atoms with Gasteiger partial charge in [0.1, 0.15) is 0 Å². The molecule has 1 rings (SSSR count). The minimum atomic E-state index is -0.856. The highest BCUT2D eigenvalue weighted by atomic mass is 16.4. The molecule has 0 saturated heterocycles. The molecule has 0 heterocycles. The molecule has 0 aliphatic carbocycles. The quantitative estimate of drug-likeness (QED) is 0.851. The lowest BCUT2D eigenvalue weighted by Gasteiger charge is -2.32. The largest absolute Gasteiger partial charge is 0.478 e. The van der Waals surface area contributed by atoms with Gasteiger partial charge in [0.05, 0.1) is 11.3 Å². The zero-order valence-electron chi connectivity index (χ0n) is 11.0. The van der Waals surface area contributed by atoms with Crippen molar-refractivity contribution >= 4 is 11.7 Å². The van der Waals surface area contributed by atoms with Crippen LogP contribution in [0.25, 0.3) is 0 Å². The molecule has 0 bridgehead atoms. The Balaban J connectivity index is 3.31. The van der Waals surface area contributed by atoms with E-state index in [-0.39, 0.29) is 0 Å². The lowest BCUT2D eigenvalue weighted by atomic mass is 10.0.